The molecule has 1 aliphatic heterocycles. The van der Waals surface area contributed by atoms with Crippen molar-refractivity contribution in [2.24, 2.45) is 0 Å². The summed E-state index contributed by atoms with van der Waals surface area (Å²) in [4.78, 5) is 34.0. The SMILES string of the molecule is CC(=O)OC[C@@H](OC(C)=O)[C@H]1OC(=O)C=C[C@H]1OCc1ccccc1. The van der Waals surface area contributed by atoms with Gasteiger partial charge in [0.05, 0.1) is 6.61 Å². The molecule has 1 heterocycles. The molecule has 0 aliphatic carbocycles. The molecule has 1 aromatic rings. The van der Waals surface area contributed by atoms with Gasteiger partial charge in [-0.05, 0) is 11.6 Å². The van der Waals surface area contributed by atoms with Gasteiger partial charge in [0.25, 0.3) is 0 Å². The zero-order valence-corrected chi connectivity index (χ0v) is 14.0. The van der Waals surface area contributed by atoms with Crippen molar-refractivity contribution in [2.75, 3.05) is 6.61 Å². The summed E-state index contributed by atoms with van der Waals surface area (Å²) in [7, 11) is 0. The maximum absolute atomic E-state index is 11.6. The molecule has 7 nitrogen and oxygen atoms in total. The molecule has 134 valence electrons. The van der Waals surface area contributed by atoms with Crippen LogP contribution < -0.4 is 0 Å². The van der Waals surface area contributed by atoms with E-state index in [4.69, 9.17) is 18.9 Å². The average Bonchev–Trinajstić information content (AvgIpc) is 2.58. The van der Waals surface area contributed by atoms with Crippen LogP contribution >= 0.6 is 0 Å². The van der Waals surface area contributed by atoms with Crippen molar-refractivity contribution < 1.29 is 33.3 Å². The van der Waals surface area contributed by atoms with Gasteiger partial charge in [0.2, 0.25) is 0 Å². The van der Waals surface area contributed by atoms with Gasteiger partial charge in [-0.3, -0.25) is 9.59 Å². The Balaban J connectivity index is 2.10. The summed E-state index contributed by atoms with van der Waals surface area (Å²) in [6.45, 7) is 2.51. The first-order valence-electron chi connectivity index (χ1n) is 7.80. The largest absolute Gasteiger partial charge is 0.462 e. The normalized spacial score (nSPS) is 20.5. The molecule has 2 rings (SSSR count). The van der Waals surface area contributed by atoms with Gasteiger partial charge in [-0.2, -0.15) is 0 Å². The standard InChI is InChI=1S/C18H20O7/c1-12(19)22-11-16(24-13(2)20)18-15(8-9-17(21)25-18)23-10-14-6-4-3-5-7-14/h3-9,15-16,18H,10-11H2,1-2H3/t15-,16-,18+/m1/s1. The van der Waals surface area contributed by atoms with Crippen LogP contribution in [0.1, 0.15) is 19.4 Å². The fourth-order valence-corrected chi connectivity index (χ4v) is 2.34. The zero-order valence-electron chi connectivity index (χ0n) is 14.0. The Bertz CT molecular complexity index is 638. The molecule has 7 heteroatoms. The summed E-state index contributed by atoms with van der Waals surface area (Å²) in [5.41, 5.74) is 0.940. The summed E-state index contributed by atoms with van der Waals surface area (Å²) in [6.07, 6.45) is 0.283. The van der Waals surface area contributed by atoms with Crippen molar-refractivity contribution in [2.45, 2.75) is 38.8 Å². The van der Waals surface area contributed by atoms with Gasteiger partial charge in [0.1, 0.15) is 12.7 Å². The number of hydrogen-bond acceptors (Lipinski definition) is 7. The Kier molecular flexibility index (Phi) is 6.71. The first-order chi connectivity index (χ1) is 12.0. The predicted octanol–water partition coefficient (Wildman–Crippen LogP) is 1.55. The van der Waals surface area contributed by atoms with E-state index in [9.17, 15) is 14.4 Å². The monoisotopic (exact) mass is 348 g/mol. The molecule has 0 N–H and O–H groups in total. The predicted molar refractivity (Wildman–Crippen MR) is 86.2 cm³/mol. The van der Waals surface area contributed by atoms with Gasteiger partial charge in [-0.1, -0.05) is 30.3 Å². The third kappa shape index (κ3) is 6.04. The number of cyclic esters (lactones) is 1. The Labute approximate surface area is 145 Å². The van der Waals surface area contributed by atoms with Crippen LogP contribution in [0.4, 0.5) is 0 Å². The molecule has 0 unspecified atom stereocenters. The second-order valence-electron chi connectivity index (χ2n) is 5.47. The summed E-state index contributed by atoms with van der Waals surface area (Å²) >= 11 is 0. The topological polar surface area (TPSA) is 88.1 Å². The minimum absolute atomic E-state index is 0.230. The van der Waals surface area contributed by atoms with Gasteiger partial charge >= 0.3 is 17.9 Å². The highest BCUT2D eigenvalue weighted by Gasteiger charge is 2.37. The Hall–Kier alpha value is -2.67. The van der Waals surface area contributed by atoms with Crippen molar-refractivity contribution >= 4 is 17.9 Å². The molecule has 0 bridgehead atoms. The van der Waals surface area contributed by atoms with E-state index in [0.29, 0.717) is 0 Å². The van der Waals surface area contributed by atoms with Crippen LogP contribution in [0.3, 0.4) is 0 Å². The van der Waals surface area contributed by atoms with E-state index >= 15 is 0 Å². The Morgan fingerprint density at radius 3 is 2.52 bits per heavy atom. The summed E-state index contributed by atoms with van der Waals surface area (Å²) < 4.78 is 21.1. The first-order valence-corrected chi connectivity index (χ1v) is 7.80. The quantitative estimate of drug-likeness (QED) is 0.545. The third-order valence-corrected chi connectivity index (χ3v) is 3.42. The molecule has 0 fully saturated rings. The third-order valence-electron chi connectivity index (χ3n) is 3.42. The lowest BCUT2D eigenvalue weighted by atomic mass is 10.1. The summed E-state index contributed by atoms with van der Waals surface area (Å²) in [6, 6.07) is 9.46. The number of rotatable bonds is 7. The van der Waals surface area contributed by atoms with Crippen molar-refractivity contribution in [1.82, 2.24) is 0 Å². The van der Waals surface area contributed by atoms with Crippen molar-refractivity contribution in [1.29, 1.82) is 0 Å². The first kappa shape index (κ1) is 18.7. The molecular weight excluding hydrogens is 328 g/mol. The Morgan fingerprint density at radius 2 is 1.88 bits per heavy atom. The van der Waals surface area contributed by atoms with Gasteiger partial charge in [0.15, 0.2) is 12.2 Å². The van der Waals surface area contributed by atoms with E-state index in [1.54, 1.807) is 6.08 Å². The van der Waals surface area contributed by atoms with Crippen LogP contribution in [0.2, 0.25) is 0 Å². The highest BCUT2D eigenvalue weighted by Crippen LogP contribution is 2.20. The van der Waals surface area contributed by atoms with Gasteiger partial charge in [0, 0.05) is 19.9 Å². The molecule has 25 heavy (non-hydrogen) atoms. The highest BCUT2D eigenvalue weighted by atomic mass is 16.6. The number of ether oxygens (including phenoxy) is 4. The maximum Gasteiger partial charge on any atom is 0.331 e. The minimum Gasteiger partial charge on any atom is -0.462 e. The lowest BCUT2D eigenvalue weighted by molar-refractivity contribution is -0.183. The lowest BCUT2D eigenvalue weighted by Gasteiger charge is -2.32. The van der Waals surface area contributed by atoms with Crippen LogP contribution in [0, 0.1) is 0 Å². The molecule has 1 aromatic carbocycles. The Morgan fingerprint density at radius 1 is 1.16 bits per heavy atom. The van der Waals surface area contributed by atoms with Gasteiger partial charge in [-0.15, -0.1) is 0 Å². The molecule has 0 aromatic heterocycles. The number of hydrogen-bond donors (Lipinski definition) is 0. The molecule has 1 aliphatic rings. The average molecular weight is 348 g/mol. The molecule has 0 radical (unpaired) electrons. The van der Waals surface area contributed by atoms with Gasteiger partial charge in [-0.25, -0.2) is 4.79 Å². The van der Waals surface area contributed by atoms with E-state index in [1.165, 1.54) is 19.9 Å². The van der Waals surface area contributed by atoms with Crippen LogP contribution in [-0.4, -0.2) is 42.8 Å². The lowest BCUT2D eigenvalue weighted by Crippen LogP contribution is -2.47. The van der Waals surface area contributed by atoms with Crippen molar-refractivity contribution in [3.8, 4) is 0 Å². The molecule has 3 atom stereocenters. The summed E-state index contributed by atoms with van der Waals surface area (Å²) in [5.74, 6) is -1.69. The fourth-order valence-electron chi connectivity index (χ4n) is 2.34. The van der Waals surface area contributed by atoms with Crippen LogP contribution in [0.25, 0.3) is 0 Å². The number of esters is 3. The van der Waals surface area contributed by atoms with Crippen LogP contribution in [0.15, 0.2) is 42.5 Å². The molecule has 0 saturated heterocycles. The van der Waals surface area contributed by atoms with E-state index in [-0.39, 0.29) is 13.2 Å². The van der Waals surface area contributed by atoms with Gasteiger partial charge < -0.3 is 18.9 Å². The second kappa shape index (κ2) is 8.98. The van der Waals surface area contributed by atoms with Crippen molar-refractivity contribution in [3.05, 3.63) is 48.0 Å². The number of carbonyl (C=O) groups excluding carboxylic acids is 3. The maximum atomic E-state index is 11.6. The summed E-state index contributed by atoms with van der Waals surface area (Å²) in [5, 5.41) is 0. The fraction of sp³-hybridized carbons (Fsp3) is 0.389. The van der Waals surface area contributed by atoms with E-state index in [0.717, 1.165) is 5.56 Å². The zero-order chi connectivity index (χ0) is 18.2. The van der Waals surface area contributed by atoms with Crippen LogP contribution in [0.5, 0.6) is 0 Å². The minimum atomic E-state index is -0.962. The van der Waals surface area contributed by atoms with E-state index in [2.05, 4.69) is 0 Å². The molecule has 0 amide bonds. The van der Waals surface area contributed by atoms with E-state index < -0.39 is 36.2 Å². The number of carbonyl (C=O) groups is 3. The smallest absolute Gasteiger partial charge is 0.331 e. The molecule has 0 saturated carbocycles. The molecular formula is C18H20O7. The van der Waals surface area contributed by atoms with Crippen molar-refractivity contribution in [3.63, 3.8) is 0 Å². The number of benzene rings is 1. The highest BCUT2D eigenvalue weighted by molar-refractivity contribution is 5.83. The second-order valence-corrected chi connectivity index (χ2v) is 5.47. The van der Waals surface area contributed by atoms with E-state index in [1.807, 2.05) is 30.3 Å². The molecule has 0 spiro atoms. The van der Waals surface area contributed by atoms with Crippen LogP contribution in [-0.2, 0) is 39.9 Å².